The number of benzene rings is 2. The summed E-state index contributed by atoms with van der Waals surface area (Å²) in [6, 6.07) is 12.2. The molecule has 0 saturated carbocycles. The van der Waals surface area contributed by atoms with Crippen molar-refractivity contribution in [3.8, 4) is 5.75 Å². The molecule has 0 aliphatic carbocycles. The number of rotatable bonds is 4. The number of ether oxygens (including phenoxy) is 1. The first-order chi connectivity index (χ1) is 15.3. The van der Waals surface area contributed by atoms with Crippen molar-refractivity contribution in [2.45, 2.75) is 32.0 Å². The van der Waals surface area contributed by atoms with E-state index in [4.69, 9.17) is 16.3 Å². The number of hydrogen-bond acceptors (Lipinski definition) is 5. The summed E-state index contributed by atoms with van der Waals surface area (Å²) in [5.74, 6) is -1.65. The van der Waals surface area contributed by atoms with Crippen LogP contribution in [0.15, 0.2) is 42.5 Å². The second-order valence-corrected chi connectivity index (χ2v) is 9.36. The van der Waals surface area contributed by atoms with E-state index in [1.54, 1.807) is 37.4 Å². The number of hydrogen-bond donors (Lipinski definition) is 2. The molecular weight excluding hydrogens is 430 g/mol. The zero-order valence-corrected chi connectivity index (χ0v) is 18.8. The Labute approximate surface area is 191 Å². The Morgan fingerprint density at radius 2 is 1.81 bits per heavy atom. The first kappa shape index (κ1) is 21.0. The molecule has 32 heavy (non-hydrogen) atoms. The fourth-order valence-electron chi connectivity index (χ4n) is 5.43. The number of likely N-dealkylation sites (tertiary alicyclic amines) is 1. The van der Waals surface area contributed by atoms with Gasteiger partial charge < -0.3 is 10.1 Å². The van der Waals surface area contributed by atoms with Crippen molar-refractivity contribution in [3.63, 3.8) is 0 Å². The summed E-state index contributed by atoms with van der Waals surface area (Å²) in [5.41, 5.74) is 0.625. The maximum absolute atomic E-state index is 13.7. The minimum Gasteiger partial charge on any atom is -0.497 e. The number of fused-ring (bicyclic) bond motifs is 4. The number of nitrogens with zero attached hydrogens (tertiary/aromatic N) is 1. The van der Waals surface area contributed by atoms with Crippen LogP contribution in [0.1, 0.15) is 25.0 Å². The zero-order valence-electron chi connectivity index (χ0n) is 18.0. The van der Waals surface area contributed by atoms with Gasteiger partial charge in [-0.1, -0.05) is 49.7 Å². The normalized spacial score (nSPS) is 28.5. The molecule has 0 radical (unpaired) electrons. The highest BCUT2D eigenvalue weighted by Crippen LogP contribution is 2.55. The lowest BCUT2D eigenvalue weighted by Crippen LogP contribution is -2.53. The lowest BCUT2D eigenvalue weighted by Gasteiger charge is -2.30. The highest BCUT2D eigenvalue weighted by atomic mass is 35.5. The summed E-state index contributed by atoms with van der Waals surface area (Å²) >= 11 is 6.35. The second kappa shape index (κ2) is 7.32. The minimum absolute atomic E-state index is 0.0376. The number of nitrogens with one attached hydrogen (secondary N) is 2. The molecule has 0 bridgehead atoms. The summed E-state index contributed by atoms with van der Waals surface area (Å²) in [4.78, 5) is 41.9. The van der Waals surface area contributed by atoms with E-state index >= 15 is 0 Å². The van der Waals surface area contributed by atoms with Gasteiger partial charge in [0.25, 0.3) is 0 Å². The molecule has 2 fully saturated rings. The van der Waals surface area contributed by atoms with E-state index in [0.29, 0.717) is 22.0 Å². The fraction of sp³-hybridized carbons (Fsp3) is 0.375. The molecule has 7 nitrogen and oxygen atoms in total. The number of para-hydroxylation sites is 1. The number of halogens is 1. The van der Waals surface area contributed by atoms with E-state index in [-0.39, 0.29) is 36.2 Å². The van der Waals surface area contributed by atoms with Gasteiger partial charge in [-0.3, -0.25) is 24.6 Å². The molecule has 3 amide bonds. The molecule has 3 aliphatic heterocycles. The summed E-state index contributed by atoms with van der Waals surface area (Å²) in [5, 5.41) is 6.67. The van der Waals surface area contributed by atoms with Gasteiger partial charge in [-0.2, -0.15) is 0 Å². The third-order valence-electron chi connectivity index (χ3n) is 6.94. The van der Waals surface area contributed by atoms with Crippen molar-refractivity contribution in [3.05, 3.63) is 58.6 Å². The average molecular weight is 454 g/mol. The van der Waals surface area contributed by atoms with Crippen LogP contribution in [0.25, 0.3) is 0 Å². The summed E-state index contributed by atoms with van der Waals surface area (Å²) < 4.78 is 5.19. The Morgan fingerprint density at radius 1 is 1.09 bits per heavy atom. The van der Waals surface area contributed by atoms with Crippen LogP contribution in [-0.4, -0.2) is 35.8 Å². The number of carbonyl (C=O) groups excluding carboxylic acids is 3. The predicted molar refractivity (Wildman–Crippen MR) is 119 cm³/mol. The molecular formula is C24H24ClN3O4. The third-order valence-corrected chi connectivity index (χ3v) is 7.26. The van der Waals surface area contributed by atoms with Crippen LogP contribution in [0, 0.1) is 17.8 Å². The van der Waals surface area contributed by atoms with Crippen LogP contribution in [0.2, 0.25) is 5.02 Å². The Hall–Kier alpha value is -2.90. The first-order valence-corrected chi connectivity index (χ1v) is 11.0. The monoisotopic (exact) mass is 453 g/mol. The van der Waals surface area contributed by atoms with Gasteiger partial charge in [0, 0.05) is 11.6 Å². The van der Waals surface area contributed by atoms with Crippen molar-refractivity contribution >= 4 is 35.0 Å². The Bertz CT molecular complexity index is 1130. The average Bonchev–Trinajstić information content (AvgIpc) is 3.36. The minimum atomic E-state index is -1.32. The lowest BCUT2D eigenvalue weighted by molar-refractivity contribution is -0.143. The zero-order chi connectivity index (χ0) is 22.8. The summed E-state index contributed by atoms with van der Waals surface area (Å²) in [6.07, 6.45) is 0. The Balaban J connectivity index is 1.58. The van der Waals surface area contributed by atoms with Gasteiger partial charge in [-0.05, 0) is 29.7 Å². The van der Waals surface area contributed by atoms with Crippen LogP contribution in [0.4, 0.5) is 5.69 Å². The van der Waals surface area contributed by atoms with Gasteiger partial charge in [0.15, 0.2) is 0 Å². The van der Waals surface area contributed by atoms with Crippen molar-refractivity contribution in [1.82, 2.24) is 10.2 Å². The van der Waals surface area contributed by atoms with E-state index in [2.05, 4.69) is 10.6 Å². The van der Waals surface area contributed by atoms with Crippen LogP contribution in [-0.2, 0) is 26.5 Å². The standard InChI is InChI=1S/C24H24ClN3O4/c1-12(2)19-17-18(24(27-19)15-5-4-6-16(25)20(15)26-23(24)31)22(30)28(21(17)29)11-13-7-9-14(32-3)10-8-13/h4-10,12,17-19,27H,11H2,1-3H3,(H,26,31)/t17-,18-,19-,24-/m0/s1. The summed E-state index contributed by atoms with van der Waals surface area (Å²) in [6.45, 7) is 4.13. The highest BCUT2D eigenvalue weighted by molar-refractivity contribution is 6.35. The van der Waals surface area contributed by atoms with Gasteiger partial charge >= 0.3 is 0 Å². The molecule has 1 spiro atoms. The van der Waals surface area contributed by atoms with Crippen molar-refractivity contribution in [2.75, 3.05) is 12.4 Å². The molecule has 2 saturated heterocycles. The molecule has 2 aromatic rings. The highest BCUT2D eigenvalue weighted by Gasteiger charge is 2.70. The second-order valence-electron chi connectivity index (χ2n) is 8.95. The molecule has 0 unspecified atom stereocenters. The van der Waals surface area contributed by atoms with E-state index < -0.39 is 17.4 Å². The van der Waals surface area contributed by atoms with Crippen LogP contribution < -0.4 is 15.4 Å². The molecule has 3 heterocycles. The van der Waals surface area contributed by atoms with Crippen LogP contribution in [0.3, 0.4) is 0 Å². The van der Waals surface area contributed by atoms with Gasteiger partial charge in [-0.25, -0.2) is 0 Å². The Morgan fingerprint density at radius 3 is 2.47 bits per heavy atom. The topological polar surface area (TPSA) is 87.7 Å². The number of imide groups is 1. The number of carbonyl (C=O) groups is 3. The van der Waals surface area contributed by atoms with E-state index in [1.807, 2.05) is 26.0 Å². The quantitative estimate of drug-likeness (QED) is 0.695. The molecule has 5 rings (SSSR count). The largest absolute Gasteiger partial charge is 0.497 e. The van der Waals surface area contributed by atoms with Gasteiger partial charge in [0.2, 0.25) is 17.7 Å². The van der Waals surface area contributed by atoms with Crippen LogP contribution >= 0.6 is 11.6 Å². The van der Waals surface area contributed by atoms with E-state index in [0.717, 1.165) is 5.56 Å². The molecule has 0 aromatic heterocycles. The third kappa shape index (κ3) is 2.74. The molecule has 3 aliphatic rings. The maximum Gasteiger partial charge on any atom is 0.250 e. The van der Waals surface area contributed by atoms with Crippen molar-refractivity contribution < 1.29 is 19.1 Å². The first-order valence-electron chi connectivity index (χ1n) is 10.7. The molecule has 2 N–H and O–H groups in total. The van der Waals surface area contributed by atoms with E-state index in [9.17, 15) is 14.4 Å². The predicted octanol–water partition coefficient (Wildman–Crippen LogP) is 2.93. The lowest BCUT2D eigenvalue weighted by atomic mass is 9.76. The van der Waals surface area contributed by atoms with Gasteiger partial charge in [-0.15, -0.1) is 0 Å². The number of methoxy groups -OCH3 is 1. The maximum atomic E-state index is 13.7. The number of amides is 3. The fourth-order valence-corrected chi connectivity index (χ4v) is 5.65. The molecule has 166 valence electrons. The summed E-state index contributed by atoms with van der Waals surface area (Å²) in [7, 11) is 1.58. The molecule has 2 aromatic carbocycles. The van der Waals surface area contributed by atoms with Gasteiger partial charge in [0.1, 0.15) is 11.3 Å². The number of anilines is 1. The van der Waals surface area contributed by atoms with Crippen molar-refractivity contribution in [2.24, 2.45) is 17.8 Å². The smallest absolute Gasteiger partial charge is 0.250 e. The SMILES string of the molecule is COc1ccc(CN2C(=O)[C@H]3[C@@H](C2=O)[C@]2(N[C@H]3C(C)C)C(=O)Nc3c(Cl)cccc32)cc1. The Kier molecular flexibility index (Phi) is 4.80. The van der Waals surface area contributed by atoms with Crippen molar-refractivity contribution in [1.29, 1.82) is 0 Å². The van der Waals surface area contributed by atoms with E-state index in [1.165, 1.54) is 4.90 Å². The molecule has 8 heteroatoms. The van der Waals surface area contributed by atoms with Crippen LogP contribution in [0.5, 0.6) is 5.75 Å². The van der Waals surface area contributed by atoms with Gasteiger partial charge in [0.05, 0.1) is 36.2 Å². The molecule has 4 atom stereocenters.